The van der Waals surface area contributed by atoms with Crippen LogP contribution in [0.25, 0.3) is 0 Å². The first-order valence-electron chi connectivity index (χ1n) is 9.23. The highest BCUT2D eigenvalue weighted by Gasteiger charge is 2.29. The summed E-state index contributed by atoms with van der Waals surface area (Å²) in [4.78, 5) is 30.6. The van der Waals surface area contributed by atoms with Crippen LogP contribution in [-0.2, 0) is 9.59 Å². The molecule has 7 nitrogen and oxygen atoms in total. The van der Waals surface area contributed by atoms with E-state index >= 15 is 0 Å². The van der Waals surface area contributed by atoms with Crippen molar-refractivity contribution in [3.8, 4) is 0 Å². The molecule has 2 saturated heterocycles. The number of likely N-dealkylation sites (tertiary alicyclic amines) is 1. The highest BCUT2D eigenvalue weighted by molar-refractivity contribution is 5.79. The number of rotatable bonds is 3. The summed E-state index contributed by atoms with van der Waals surface area (Å²) in [7, 11) is 0. The van der Waals surface area contributed by atoms with Crippen molar-refractivity contribution < 1.29 is 9.59 Å². The molecule has 25 heavy (non-hydrogen) atoms. The summed E-state index contributed by atoms with van der Waals surface area (Å²) >= 11 is 0. The quantitative estimate of drug-likeness (QED) is 0.826. The lowest BCUT2D eigenvalue weighted by Gasteiger charge is -2.35. The molecule has 0 aromatic carbocycles. The van der Waals surface area contributed by atoms with Crippen molar-refractivity contribution in [3.63, 3.8) is 0 Å². The predicted octanol–water partition coefficient (Wildman–Crippen LogP) is 1.31. The molecule has 0 saturated carbocycles. The first kappa shape index (κ1) is 17.6. The van der Waals surface area contributed by atoms with Gasteiger partial charge in [-0.15, -0.1) is 5.10 Å². The van der Waals surface area contributed by atoms with Gasteiger partial charge in [-0.25, -0.2) is 0 Å². The maximum atomic E-state index is 12.8. The van der Waals surface area contributed by atoms with Crippen LogP contribution in [-0.4, -0.2) is 70.6 Å². The van der Waals surface area contributed by atoms with Gasteiger partial charge in [0, 0.05) is 58.3 Å². The first-order valence-corrected chi connectivity index (χ1v) is 9.23. The molecule has 7 heteroatoms. The minimum atomic E-state index is 0.0677. The van der Waals surface area contributed by atoms with Gasteiger partial charge < -0.3 is 14.7 Å². The number of hydrogen-bond acceptors (Lipinski definition) is 5. The number of carbonyl (C=O) groups is 2. The van der Waals surface area contributed by atoms with E-state index < -0.39 is 0 Å². The smallest absolute Gasteiger partial charge is 0.224 e. The molecule has 2 aliphatic heterocycles. The lowest BCUT2D eigenvalue weighted by molar-refractivity contribution is -0.137. The summed E-state index contributed by atoms with van der Waals surface area (Å²) in [5, 5.41) is 8.10. The summed E-state index contributed by atoms with van der Waals surface area (Å²) < 4.78 is 0. The van der Waals surface area contributed by atoms with E-state index in [0.29, 0.717) is 13.0 Å². The molecule has 1 atom stereocenters. The third kappa shape index (κ3) is 4.46. The van der Waals surface area contributed by atoms with Crippen LogP contribution in [0.3, 0.4) is 0 Å². The van der Waals surface area contributed by atoms with Gasteiger partial charge >= 0.3 is 0 Å². The van der Waals surface area contributed by atoms with Gasteiger partial charge in [-0.3, -0.25) is 9.59 Å². The number of nitrogens with zero attached hydrogens (tertiary/aromatic N) is 5. The molecule has 0 aliphatic carbocycles. The van der Waals surface area contributed by atoms with E-state index in [0.717, 1.165) is 57.7 Å². The Morgan fingerprint density at radius 3 is 2.76 bits per heavy atom. The van der Waals surface area contributed by atoms with E-state index in [1.807, 2.05) is 21.9 Å². The van der Waals surface area contributed by atoms with Crippen molar-refractivity contribution in [2.24, 2.45) is 0 Å². The van der Waals surface area contributed by atoms with Gasteiger partial charge in [-0.2, -0.15) is 5.10 Å². The van der Waals surface area contributed by atoms with Gasteiger partial charge in [0.15, 0.2) is 5.82 Å². The molecule has 1 aromatic rings. The van der Waals surface area contributed by atoms with Crippen molar-refractivity contribution in [2.75, 3.05) is 37.6 Å². The first-order chi connectivity index (χ1) is 12.1. The molecule has 0 unspecified atom stereocenters. The molecule has 136 valence electrons. The second kappa shape index (κ2) is 8.27. The second-order valence-corrected chi connectivity index (χ2v) is 6.87. The molecule has 0 spiro atoms. The number of hydrogen-bond donors (Lipinski definition) is 0. The van der Waals surface area contributed by atoms with Crippen LogP contribution in [0, 0.1) is 0 Å². The van der Waals surface area contributed by atoms with Gasteiger partial charge in [-0.05, 0) is 37.8 Å². The summed E-state index contributed by atoms with van der Waals surface area (Å²) in [5.41, 5.74) is 0. The molecular formula is C18H27N5O2. The van der Waals surface area contributed by atoms with Crippen LogP contribution in [0.2, 0.25) is 0 Å². The Kier molecular flexibility index (Phi) is 5.83. The van der Waals surface area contributed by atoms with Gasteiger partial charge in [0.1, 0.15) is 0 Å². The molecule has 2 aliphatic rings. The van der Waals surface area contributed by atoms with Gasteiger partial charge in [0.2, 0.25) is 11.8 Å². The van der Waals surface area contributed by atoms with Crippen molar-refractivity contribution in [1.82, 2.24) is 20.0 Å². The monoisotopic (exact) mass is 345 g/mol. The summed E-state index contributed by atoms with van der Waals surface area (Å²) in [6, 6.07) is 3.91. The lowest BCUT2D eigenvalue weighted by Crippen LogP contribution is -2.46. The van der Waals surface area contributed by atoms with Crippen LogP contribution in [0.5, 0.6) is 0 Å². The van der Waals surface area contributed by atoms with E-state index in [4.69, 9.17) is 0 Å². The fourth-order valence-corrected chi connectivity index (χ4v) is 3.82. The number of amides is 2. The molecule has 1 aromatic heterocycles. The van der Waals surface area contributed by atoms with Gasteiger partial charge in [0.05, 0.1) is 0 Å². The molecular weight excluding hydrogens is 318 g/mol. The fourth-order valence-electron chi connectivity index (χ4n) is 3.82. The average molecular weight is 345 g/mol. The fraction of sp³-hybridized carbons (Fsp3) is 0.667. The Labute approximate surface area is 149 Å². The molecule has 0 bridgehead atoms. The molecule has 2 fully saturated rings. The van der Waals surface area contributed by atoms with Crippen LogP contribution >= 0.6 is 0 Å². The largest absolute Gasteiger partial charge is 0.353 e. The summed E-state index contributed by atoms with van der Waals surface area (Å²) in [6.07, 6.45) is 6.12. The number of aromatic nitrogens is 2. The lowest BCUT2D eigenvalue weighted by atomic mass is 9.98. The SMILES string of the molecule is CC(=O)N1CCCC[C@H]1CC(=O)N1CCCN(c2cccnn2)CC1. The molecule has 0 N–H and O–H groups in total. The van der Waals surface area contributed by atoms with Crippen LogP contribution in [0.4, 0.5) is 5.82 Å². The van der Waals surface area contributed by atoms with E-state index in [1.165, 1.54) is 0 Å². The van der Waals surface area contributed by atoms with Crippen molar-refractivity contribution in [1.29, 1.82) is 0 Å². The van der Waals surface area contributed by atoms with Crippen molar-refractivity contribution in [2.45, 2.75) is 45.1 Å². The maximum Gasteiger partial charge on any atom is 0.224 e. The Bertz CT molecular complexity index is 594. The highest BCUT2D eigenvalue weighted by Crippen LogP contribution is 2.21. The third-order valence-electron chi connectivity index (χ3n) is 5.17. The Hall–Kier alpha value is -2.18. The van der Waals surface area contributed by atoms with E-state index in [2.05, 4.69) is 15.1 Å². The number of carbonyl (C=O) groups excluding carboxylic acids is 2. The minimum absolute atomic E-state index is 0.0677. The zero-order valence-corrected chi connectivity index (χ0v) is 14.9. The van der Waals surface area contributed by atoms with Crippen LogP contribution < -0.4 is 4.90 Å². The topological polar surface area (TPSA) is 69.6 Å². The Morgan fingerprint density at radius 2 is 2.00 bits per heavy atom. The Morgan fingerprint density at radius 1 is 1.12 bits per heavy atom. The number of piperidine rings is 1. The summed E-state index contributed by atoms with van der Waals surface area (Å²) in [5.74, 6) is 1.12. The molecule has 2 amide bonds. The van der Waals surface area contributed by atoms with Crippen LogP contribution in [0.15, 0.2) is 18.3 Å². The Balaban J connectivity index is 1.56. The molecule has 3 rings (SSSR count). The zero-order valence-electron chi connectivity index (χ0n) is 14.9. The second-order valence-electron chi connectivity index (χ2n) is 6.87. The zero-order chi connectivity index (χ0) is 17.6. The van der Waals surface area contributed by atoms with E-state index in [9.17, 15) is 9.59 Å². The number of anilines is 1. The highest BCUT2D eigenvalue weighted by atomic mass is 16.2. The normalized spacial score (nSPS) is 21.8. The van der Waals surface area contributed by atoms with Crippen molar-refractivity contribution >= 4 is 17.6 Å². The minimum Gasteiger partial charge on any atom is -0.353 e. The van der Waals surface area contributed by atoms with E-state index in [-0.39, 0.29) is 17.9 Å². The average Bonchev–Trinajstić information content (AvgIpc) is 2.89. The molecule has 0 radical (unpaired) electrons. The molecule has 3 heterocycles. The van der Waals surface area contributed by atoms with E-state index in [1.54, 1.807) is 13.1 Å². The predicted molar refractivity (Wildman–Crippen MR) is 95.1 cm³/mol. The van der Waals surface area contributed by atoms with Gasteiger partial charge in [-0.1, -0.05) is 0 Å². The summed E-state index contributed by atoms with van der Waals surface area (Å²) in [6.45, 7) is 5.50. The standard InChI is InChI=1S/C18H27N5O2/c1-15(24)23-11-3-2-6-16(23)14-18(25)22-10-5-9-21(12-13-22)17-7-4-8-19-20-17/h4,7-8,16H,2-3,5-6,9-14H2,1H3/t16-/m0/s1. The van der Waals surface area contributed by atoms with Gasteiger partial charge in [0.25, 0.3) is 0 Å². The third-order valence-corrected chi connectivity index (χ3v) is 5.17. The van der Waals surface area contributed by atoms with Crippen LogP contribution in [0.1, 0.15) is 39.0 Å². The maximum absolute atomic E-state index is 12.8. The van der Waals surface area contributed by atoms with Crippen molar-refractivity contribution in [3.05, 3.63) is 18.3 Å².